The van der Waals surface area contributed by atoms with E-state index >= 15 is 0 Å². The van der Waals surface area contributed by atoms with Gasteiger partial charge in [0.15, 0.2) is 11.5 Å². The topological polar surface area (TPSA) is 147 Å². The lowest BCUT2D eigenvalue weighted by Gasteiger charge is -2.20. The number of carbonyl (C=O) groups excluding carboxylic acids is 3. The maximum absolute atomic E-state index is 12.4. The molecule has 0 saturated heterocycles. The summed E-state index contributed by atoms with van der Waals surface area (Å²) in [5.74, 6) is -1.61. The molecule has 41 heavy (non-hydrogen) atoms. The number of nitrogens with one attached hydrogen (secondary N) is 1. The normalized spacial score (nSPS) is 14.6. The number of carbonyl (C=O) groups is 4. The van der Waals surface area contributed by atoms with E-state index in [1.165, 1.54) is 12.1 Å². The van der Waals surface area contributed by atoms with Crippen molar-refractivity contribution in [3.8, 4) is 11.5 Å². The van der Waals surface area contributed by atoms with E-state index in [1.807, 2.05) is 34.6 Å². The van der Waals surface area contributed by atoms with Crippen LogP contribution in [-0.4, -0.2) is 61.3 Å². The molecule has 0 aliphatic rings. The van der Waals surface area contributed by atoms with Crippen LogP contribution in [0.4, 0.5) is 9.59 Å². The van der Waals surface area contributed by atoms with Crippen LogP contribution >= 0.6 is 0 Å². The highest BCUT2D eigenvalue weighted by atomic mass is 16.7. The van der Waals surface area contributed by atoms with Crippen LogP contribution < -0.4 is 14.8 Å². The van der Waals surface area contributed by atoms with E-state index in [9.17, 15) is 24.3 Å². The smallest absolute Gasteiger partial charge is 0.480 e. The second-order valence-electron chi connectivity index (χ2n) is 10.6. The van der Waals surface area contributed by atoms with Crippen LogP contribution in [0.2, 0.25) is 0 Å². The van der Waals surface area contributed by atoms with Crippen molar-refractivity contribution < 1.29 is 48.0 Å². The molecule has 0 aliphatic carbocycles. The Morgan fingerprint density at radius 2 is 1.41 bits per heavy atom. The maximum atomic E-state index is 12.4. The summed E-state index contributed by atoms with van der Waals surface area (Å²) < 4.78 is 26.3. The molecule has 0 saturated carbocycles. The first kappa shape index (κ1) is 35.7. The molecule has 11 heteroatoms. The second-order valence-corrected chi connectivity index (χ2v) is 10.6. The lowest BCUT2D eigenvalue weighted by Crippen LogP contribution is -2.43. The molecule has 0 fully saturated rings. The van der Waals surface area contributed by atoms with Crippen LogP contribution in [0.15, 0.2) is 18.2 Å². The van der Waals surface area contributed by atoms with Gasteiger partial charge >= 0.3 is 24.2 Å². The van der Waals surface area contributed by atoms with E-state index in [1.54, 1.807) is 19.9 Å². The van der Waals surface area contributed by atoms with Gasteiger partial charge in [-0.2, -0.15) is 0 Å². The molecular formula is C30H47NO10. The number of aliphatic carboxylic acids is 1. The molecule has 2 N–H and O–H groups in total. The predicted molar refractivity (Wildman–Crippen MR) is 152 cm³/mol. The number of hydrogen-bond acceptors (Lipinski definition) is 10. The van der Waals surface area contributed by atoms with Gasteiger partial charge in [0, 0.05) is 6.54 Å². The molecule has 0 bridgehead atoms. The standard InChI is InChI=1S/C30H47NO10/c1-8-11-21(6)28(34)39-22(7)16-31-24(27(32)33)14-23-12-13-25(40-29(35)37-17-19(4)9-2)26(15-23)41-30(36)38-18-20(5)10-3/h12-13,15,19-22,24,31H,8-11,14,16-18H2,1-7H3,(H,32,33)/t19?,20?,21?,22?,24-/m0/s1. The van der Waals surface area contributed by atoms with E-state index in [0.29, 0.717) is 12.0 Å². The molecule has 5 atom stereocenters. The Morgan fingerprint density at radius 1 is 0.854 bits per heavy atom. The highest BCUT2D eigenvalue weighted by Crippen LogP contribution is 2.30. The first-order valence-electron chi connectivity index (χ1n) is 14.4. The fourth-order valence-electron chi connectivity index (χ4n) is 3.44. The number of esters is 1. The average Bonchev–Trinajstić information content (AvgIpc) is 2.93. The third kappa shape index (κ3) is 14.2. The van der Waals surface area contributed by atoms with Gasteiger partial charge in [-0.25, -0.2) is 9.59 Å². The van der Waals surface area contributed by atoms with Crippen molar-refractivity contribution in [3.05, 3.63) is 23.8 Å². The van der Waals surface area contributed by atoms with E-state index in [4.69, 9.17) is 23.7 Å². The van der Waals surface area contributed by atoms with Crippen LogP contribution in [0.1, 0.15) is 79.7 Å². The number of carboxylic acids is 1. The van der Waals surface area contributed by atoms with E-state index in [-0.39, 0.29) is 61.4 Å². The summed E-state index contributed by atoms with van der Waals surface area (Å²) in [6.45, 7) is 13.7. The predicted octanol–water partition coefficient (Wildman–Crippen LogP) is 5.76. The molecule has 0 heterocycles. The van der Waals surface area contributed by atoms with Crippen molar-refractivity contribution in [1.29, 1.82) is 0 Å². The zero-order valence-corrected chi connectivity index (χ0v) is 25.4. The van der Waals surface area contributed by atoms with Gasteiger partial charge in [-0.3, -0.25) is 9.59 Å². The van der Waals surface area contributed by atoms with Crippen LogP contribution in [0.3, 0.4) is 0 Å². The van der Waals surface area contributed by atoms with Gasteiger partial charge < -0.3 is 34.1 Å². The molecule has 0 aliphatic heterocycles. The van der Waals surface area contributed by atoms with Gasteiger partial charge in [-0.05, 0) is 49.3 Å². The first-order chi connectivity index (χ1) is 19.4. The fraction of sp³-hybridized carbons (Fsp3) is 0.667. The summed E-state index contributed by atoms with van der Waals surface area (Å²) in [7, 11) is 0. The second kappa shape index (κ2) is 18.9. The van der Waals surface area contributed by atoms with Crippen molar-refractivity contribution in [2.45, 2.75) is 92.7 Å². The van der Waals surface area contributed by atoms with Crippen LogP contribution in [-0.2, 0) is 30.2 Å². The minimum absolute atomic E-state index is 0.000739. The molecular weight excluding hydrogens is 534 g/mol. The maximum Gasteiger partial charge on any atom is 0.513 e. The summed E-state index contributed by atoms with van der Waals surface area (Å²) in [6.07, 6.45) is 0.697. The summed E-state index contributed by atoms with van der Waals surface area (Å²) in [4.78, 5) is 48.7. The number of hydrogen-bond donors (Lipinski definition) is 2. The lowest BCUT2D eigenvalue weighted by molar-refractivity contribution is -0.152. The van der Waals surface area contributed by atoms with Crippen molar-refractivity contribution in [3.63, 3.8) is 0 Å². The Morgan fingerprint density at radius 3 is 1.93 bits per heavy atom. The largest absolute Gasteiger partial charge is 0.513 e. The molecule has 1 rings (SSSR count). The quantitative estimate of drug-likeness (QED) is 0.124. The molecule has 1 aromatic carbocycles. The Balaban J connectivity index is 3.00. The Hall–Kier alpha value is -3.34. The SMILES string of the molecule is CCCC(C)C(=O)OC(C)CN[C@@H](Cc1ccc(OC(=O)OCC(C)CC)c(OC(=O)OCC(C)CC)c1)C(=O)O. The molecule has 0 spiro atoms. The number of rotatable bonds is 18. The van der Waals surface area contributed by atoms with E-state index < -0.39 is 30.4 Å². The summed E-state index contributed by atoms with van der Waals surface area (Å²) in [5.41, 5.74) is 0.483. The van der Waals surface area contributed by atoms with Crippen LogP contribution in [0, 0.1) is 17.8 Å². The molecule has 11 nitrogen and oxygen atoms in total. The third-order valence-corrected chi connectivity index (χ3v) is 6.59. The van der Waals surface area contributed by atoms with Gasteiger partial charge in [0.05, 0.1) is 19.1 Å². The first-order valence-corrected chi connectivity index (χ1v) is 14.4. The van der Waals surface area contributed by atoms with Crippen molar-refractivity contribution >= 4 is 24.2 Å². The molecule has 232 valence electrons. The number of carboxylic acid groups (broad SMARTS) is 1. The number of benzene rings is 1. The van der Waals surface area contributed by atoms with Crippen molar-refractivity contribution in [2.24, 2.45) is 17.8 Å². The Labute approximate surface area is 243 Å². The summed E-state index contributed by atoms with van der Waals surface area (Å²) in [6, 6.07) is 3.33. The zero-order valence-electron chi connectivity index (χ0n) is 25.4. The van der Waals surface area contributed by atoms with Gasteiger partial charge in [-0.1, -0.05) is 66.9 Å². The average molecular weight is 582 g/mol. The van der Waals surface area contributed by atoms with Gasteiger partial charge in [-0.15, -0.1) is 0 Å². The third-order valence-electron chi connectivity index (χ3n) is 6.59. The van der Waals surface area contributed by atoms with Crippen LogP contribution in [0.5, 0.6) is 11.5 Å². The minimum Gasteiger partial charge on any atom is -0.480 e. The highest BCUT2D eigenvalue weighted by molar-refractivity contribution is 5.74. The zero-order chi connectivity index (χ0) is 30.9. The summed E-state index contributed by atoms with van der Waals surface area (Å²) in [5, 5.41) is 12.7. The monoisotopic (exact) mass is 581 g/mol. The molecule has 0 amide bonds. The molecule has 4 unspecified atom stereocenters. The van der Waals surface area contributed by atoms with Crippen LogP contribution in [0.25, 0.3) is 0 Å². The van der Waals surface area contributed by atoms with Gasteiger partial charge in [0.25, 0.3) is 0 Å². The highest BCUT2D eigenvalue weighted by Gasteiger charge is 2.23. The van der Waals surface area contributed by atoms with Crippen molar-refractivity contribution in [1.82, 2.24) is 5.32 Å². The minimum atomic E-state index is -1.12. The fourth-order valence-corrected chi connectivity index (χ4v) is 3.44. The molecule has 0 radical (unpaired) electrons. The summed E-state index contributed by atoms with van der Waals surface area (Å²) >= 11 is 0. The van der Waals surface area contributed by atoms with E-state index in [2.05, 4.69) is 5.32 Å². The van der Waals surface area contributed by atoms with E-state index in [0.717, 1.165) is 19.3 Å². The number of ether oxygens (including phenoxy) is 5. The van der Waals surface area contributed by atoms with Gasteiger partial charge in [0.2, 0.25) is 0 Å². The van der Waals surface area contributed by atoms with Crippen molar-refractivity contribution in [2.75, 3.05) is 19.8 Å². The lowest BCUT2D eigenvalue weighted by atomic mass is 10.0. The molecule has 1 aromatic rings. The van der Waals surface area contributed by atoms with Gasteiger partial charge in [0.1, 0.15) is 12.1 Å². The Kier molecular flexibility index (Phi) is 16.5. The Bertz CT molecular complexity index is 982. The molecule has 0 aromatic heterocycles.